The van der Waals surface area contributed by atoms with Crippen molar-refractivity contribution >= 4 is 44.4 Å². The summed E-state index contributed by atoms with van der Waals surface area (Å²) in [5.74, 6) is 0. The summed E-state index contributed by atoms with van der Waals surface area (Å²) in [7, 11) is 0. The third-order valence-electron chi connectivity index (χ3n) is 3.06. The van der Waals surface area contributed by atoms with Gasteiger partial charge in [0.1, 0.15) is 11.1 Å². The quantitative estimate of drug-likeness (QED) is 0.670. The van der Waals surface area contributed by atoms with Crippen LogP contribution in [-0.2, 0) is 0 Å². The van der Waals surface area contributed by atoms with Gasteiger partial charge in [0.15, 0.2) is 0 Å². The number of hydrogen-bond acceptors (Lipinski definition) is 5. The summed E-state index contributed by atoms with van der Waals surface area (Å²) in [6.45, 7) is 1.99. The molecule has 0 fully saturated rings. The highest BCUT2D eigenvalue weighted by Gasteiger charge is 2.09. The van der Waals surface area contributed by atoms with E-state index in [1.807, 2.05) is 36.6 Å². The smallest absolute Gasteiger partial charge is 0.267 e. The average molecular weight is 310 g/mol. The number of aryl methyl sites for hydroxylation is 1. The fraction of sp³-hybridized carbons (Fsp3) is 0.0625. The zero-order chi connectivity index (χ0) is 14.8. The molecule has 0 spiro atoms. The van der Waals surface area contributed by atoms with Crippen LogP contribution in [0.15, 0.2) is 40.5 Å². The number of fused-ring (bicyclic) bond motifs is 1. The molecule has 0 saturated heterocycles. The van der Waals surface area contributed by atoms with E-state index in [4.69, 9.17) is 0 Å². The molecule has 0 radical (unpaired) electrons. The van der Waals surface area contributed by atoms with Gasteiger partial charge < -0.3 is 0 Å². The predicted octanol–water partition coefficient (Wildman–Crippen LogP) is 4.09. The Morgan fingerprint density at radius 1 is 1.33 bits per heavy atom. The van der Waals surface area contributed by atoms with E-state index in [1.165, 1.54) is 11.3 Å². The number of nitriles is 1. The summed E-state index contributed by atoms with van der Waals surface area (Å²) in [5, 5.41) is 12.4. The van der Waals surface area contributed by atoms with E-state index >= 15 is 0 Å². The minimum absolute atomic E-state index is 0.289. The van der Waals surface area contributed by atoms with E-state index in [0.29, 0.717) is 16.0 Å². The first-order chi connectivity index (χ1) is 10.2. The Bertz CT molecular complexity index is 945. The number of thiophene rings is 1. The van der Waals surface area contributed by atoms with Gasteiger partial charge in [-0.15, -0.1) is 22.7 Å². The molecule has 0 aliphatic rings. The third-order valence-corrected chi connectivity index (χ3v) is 5.10. The van der Waals surface area contributed by atoms with E-state index < -0.39 is 0 Å². The van der Waals surface area contributed by atoms with Gasteiger partial charge in [-0.2, -0.15) is 10.2 Å². The first kappa shape index (κ1) is 13.7. The van der Waals surface area contributed by atoms with Gasteiger partial charge in [0, 0.05) is 9.58 Å². The van der Waals surface area contributed by atoms with Crippen molar-refractivity contribution in [2.24, 2.45) is 0 Å². The molecule has 3 nitrogen and oxygen atoms in total. The Labute approximate surface area is 129 Å². The summed E-state index contributed by atoms with van der Waals surface area (Å²) in [4.78, 5) is 17.1. The van der Waals surface area contributed by atoms with Crippen LogP contribution in [0, 0.1) is 18.3 Å². The predicted molar refractivity (Wildman–Crippen MR) is 88.4 cm³/mol. The van der Waals surface area contributed by atoms with E-state index in [2.05, 4.69) is 11.1 Å². The lowest BCUT2D eigenvalue weighted by atomic mass is 10.2. The summed E-state index contributed by atoms with van der Waals surface area (Å²) in [6, 6.07) is 11.5. The molecule has 0 atom stereocenters. The Balaban J connectivity index is 2.19. The van der Waals surface area contributed by atoms with Crippen molar-refractivity contribution in [3.05, 3.63) is 61.5 Å². The van der Waals surface area contributed by atoms with Crippen LogP contribution in [0.4, 0.5) is 0 Å². The molecule has 2 heterocycles. The van der Waals surface area contributed by atoms with E-state index in [0.717, 1.165) is 15.1 Å². The Morgan fingerprint density at radius 3 is 2.86 bits per heavy atom. The van der Waals surface area contributed by atoms with Crippen molar-refractivity contribution in [3.63, 3.8) is 0 Å². The van der Waals surface area contributed by atoms with Gasteiger partial charge in [0.05, 0.1) is 11.0 Å². The van der Waals surface area contributed by atoms with Gasteiger partial charge in [-0.3, -0.25) is 4.79 Å². The molecule has 102 valence electrons. The fourth-order valence-corrected chi connectivity index (χ4v) is 3.75. The maximum absolute atomic E-state index is 12.1. The van der Waals surface area contributed by atoms with Gasteiger partial charge in [0.25, 0.3) is 5.56 Å². The molecule has 0 aliphatic carbocycles. The number of aromatic nitrogens is 1. The normalized spacial score (nSPS) is 11.5. The summed E-state index contributed by atoms with van der Waals surface area (Å²) in [6.07, 6.45) is 1.80. The van der Waals surface area contributed by atoms with Crippen molar-refractivity contribution in [2.75, 3.05) is 0 Å². The highest BCUT2D eigenvalue weighted by molar-refractivity contribution is 7.19. The molecule has 3 aromatic rings. The Morgan fingerprint density at radius 2 is 2.14 bits per heavy atom. The van der Waals surface area contributed by atoms with E-state index in [1.54, 1.807) is 23.5 Å². The lowest BCUT2D eigenvalue weighted by Gasteiger charge is -2.00. The van der Waals surface area contributed by atoms with Gasteiger partial charge in [-0.25, -0.2) is 0 Å². The van der Waals surface area contributed by atoms with E-state index in [-0.39, 0.29) is 5.56 Å². The van der Waals surface area contributed by atoms with Gasteiger partial charge >= 0.3 is 0 Å². The number of rotatable bonds is 2. The van der Waals surface area contributed by atoms with Crippen molar-refractivity contribution in [2.45, 2.75) is 6.92 Å². The summed E-state index contributed by atoms with van der Waals surface area (Å²) in [5.41, 5.74) is 1.25. The van der Waals surface area contributed by atoms with Crippen LogP contribution in [0.25, 0.3) is 21.7 Å². The topological polar surface area (TPSA) is 53.8 Å². The van der Waals surface area contributed by atoms with Crippen LogP contribution >= 0.6 is 22.7 Å². The number of hydrogen-bond donors (Lipinski definition) is 0. The minimum atomic E-state index is -0.289. The molecule has 0 saturated carbocycles. The van der Waals surface area contributed by atoms with E-state index in [9.17, 15) is 10.1 Å². The second-order valence-electron chi connectivity index (χ2n) is 4.46. The largest absolute Gasteiger partial charge is 0.279 e. The molecule has 0 unspecified atom stereocenters. The Kier molecular flexibility index (Phi) is 3.65. The minimum Gasteiger partial charge on any atom is -0.267 e. The first-order valence-electron chi connectivity index (χ1n) is 6.25. The monoisotopic (exact) mass is 310 g/mol. The van der Waals surface area contributed by atoms with Crippen molar-refractivity contribution < 1.29 is 0 Å². The molecule has 3 rings (SSSR count). The van der Waals surface area contributed by atoms with Crippen LogP contribution in [0.1, 0.15) is 15.4 Å². The molecular formula is C16H10N2OS2. The maximum atomic E-state index is 12.1. The second kappa shape index (κ2) is 5.60. The zero-order valence-corrected chi connectivity index (χ0v) is 12.8. The van der Waals surface area contributed by atoms with Crippen molar-refractivity contribution in [1.82, 2.24) is 4.98 Å². The second-order valence-corrected chi connectivity index (χ2v) is 6.44. The summed E-state index contributed by atoms with van der Waals surface area (Å²) < 4.78 is 0.844. The highest BCUT2D eigenvalue weighted by atomic mass is 32.1. The number of benzene rings is 1. The molecule has 21 heavy (non-hydrogen) atoms. The van der Waals surface area contributed by atoms with Crippen LogP contribution in [0.3, 0.4) is 0 Å². The maximum Gasteiger partial charge on any atom is 0.279 e. The molecule has 0 bridgehead atoms. The molecule has 5 heteroatoms. The standard InChI is InChI=1S/C16H10N2OS2/c1-10-6-7-20-14(10)8-11(9-17)16-18-15(19)12-4-2-3-5-13(12)21-16/h2-8H,1H3/b11-8+. The van der Waals surface area contributed by atoms with Crippen molar-refractivity contribution in [3.8, 4) is 6.07 Å². The third kappa shape index (κ3) is 2.64. The van der Waals surface area contributed by atoms with Crippen LogP contribution in [0.5, 0.6) is 0 Å². The Hall–Kier alpha value is -2.29. The number of nitrogens with zero attached hydrogens (tertiary/aromatic N) is 2. The van der Waals surface area contributed by atoms with Gasteiger partial charge in [0.2, 0.25) is 0 Å². The highest BCUT2D eigenvalue weighted by Crippen LogP contribution is 2.26. The van der Waals surface area contributed by atoms with Crippen LogP contribution in [0.2, 0.25) is 0 Å². The lowest BCUT2D eigenvalue weighted by Crippen LogP contribution is -2.07. The van der Waals surface area contributed by atoms with Crippen LogP contribution in [-0.4, -0.2) is 4.98 Å². The first-order valence-corrected chi connectivity index (χ1v) is 7.95. The fourth-order valence-electron chi connectivity index (χ4n) is 1.93. The van der Waals surface area contributed by atoms with Gasteiger partial charge in [-0.05, 0) is 42.1 Å². The SMILES string of the molecule is Cc1ccsc1/C=C(\C#N)c1nc(=O)c2ccccc2s1. The average Bonchev–Trinajstić information content (AvgIpc) is 2.90. The molecular weight excluding hydrogens is 300 g/mol. The lowest BCUT2D eigenvalue weighted by molar-refractivity contribution is 1.28. The number of allylic oxidation sites excluding steroid dienone is 1. The van der Waals surface area contributed by atoms with Crippen molar-refractivity contribution in [1.29, 1.82) is 5.26 Å². The summed E-state index contributed by atoms with van der Waals surface area (Å²) >= 11 is 2.93. The molecule has 0 N–H and O–H groups in total. The molecule has 2 aromatic heterocycles. The molecule has 1 aromatic carbocycles. The van der Waals surface area contributed by atoms with Crippen LogP contribution < -0.4 is 5.56 Å². The zero-order valence-electron chi connectivity index (χ0n) is 11.2. The molecule has 0 amide bonds. The van der Waals surface area contributed by atoms with Gasteiger partial charge in [-0.1, -0.05) is 12.1 Å². The molecule has 0 aliphatic heterocycles.